The van der Waals surface area contributed by atoms with Gasteiger partial charge in [-0.05, 0) is 30.0 Å². The number of hydrogen-bond acceptors (Lipinski definition) is 5. The van der Waals surface area contributed by atoms with Crippen molar-refractivity contribution in [3.8, 4) is 11.5 Å². The van der Waals surface area contributed by atoms with Crippen LogP contribution in [0.1, 0.15) is 25.8 Å². The standard InChI is InChI=1S/C16H25ClN2O4/c1-10(2)4-12(8-20)19-7-11-5-13(17)16(14(6-11)22-3)23-9-15(18)21/h5-6,10,12,19-20H,4,7-9H2,1-3H3,(H2,18,21). The molecular formula is C16H25ClN2O4. The minimum atomic E-state index is -0.590. The molecule has 1 aromatic rings. The monoisotopic (exact) mass is 344 g/mol. The van der Waals surface area contributed by atoms with Crippen LogP contribution in [-0.4, -0.2) is 37.4 Å². The summed E-state index contributed by atoms with van der Waals surface area (Å²) in [7, 11) is 1.50. The number of hydrogen-bond donors (Lipinski definition) is 3. The topological polar surface area (TPSA) is 93.8 Å². The number of rotatable bonds is 10. The molecule has 0 aliphatic heterocycles. The van der Waals surface area contributed by atoms with Crippen LogP contribution in [0.15, 0.2) is 12.1 Å². The molecule has 0 heterocycles. The molecule has 23 heavy (non-hydrogen) atoms. The molecule has 7 heteroatoms. The normalized spacial score (nSPS) is 12.3. The summed E-state index contributed by atoms with van der Waals surface area (Å²) in [5, 5.41) is 13.0. The molecule has 0 aliphatic carbocycles. The lowest BCUT2D eigenvalue weighted by molar-refractivity contribution is -0.119. The lowest BCUT2D eigenvalue weighted by atomic mass is 10.0. The molecule has 0 aliphatic rings. The van der Waals surface area contributed by atoms with Gasteiger partial charge in [-0.2, -0.15) is 0 Å². The minimum Gasteiger partial charge on any atom is -0.493 e. The molecule has 0 aromatic heterocycles. The highest BCUT2D eigenvalue weighted by molar-refractivity contribution is 6.32. The van der Waals surface area contributed by atoms with Crippen LogP contribution in [0.2, 0.25) is 5.02 Å². The summed E-state index contributed by atoms with van der Waals surface area (Å²) in [6, 6.07) is 3.53. The van der Waals surface area contributed by atoms with Gasteiger partial charge in [-0.15, -0.1) is 0 Å². The predicted octanol–water partition coefficient (Wildman–Crippen LogP) is 1.71. The predicted molar refractivity (Wildman–Crippen MR) is 89.9 cm³/mol. The maximum absolute atomic E-state index is 10.8. The molecule has 1 aromatic carbocycles. The van der Waals surface area contributed by atoms with Gasteiger partial charge in [0.15, 0.2) is 18.1 Å². The number of nitrogens with one attached hydrogen (secondary N) is 1. The quantitative estimate of drug-likeness (QED) is 0.600. The van der Waals surface area contributed by atoms with E-state index in [1.165, 1.54) is 7.11 Å². The number of halogens is 1. The highest BCUT2D eigenvalue weighted by Gasteiger charge is 2.14. The second-order valence-electron chi connectivity index (χ2n) is 5.75. The Kier molecular flexibility index (Phi) is 8.16. The fraction of sp³-hybridized carbons (Fsp3) is 0.562. The molecule has 1 unspecified atom stereocenters. The Morgan fingerprint density at radius 1 is 1.43 bits per heavy atom. The number of benzene rings is 1. The number of nitrogens with two attached hydrogens (primary N) is 1. The third-order valence-corrected chi connectivity index (χ3v) is 3.50. The van der Waals surface area contributed by atoms with Crippen molar-refractivity contribution in [2.45, 2.75) is 32.9 Å². The van der Waals surface area contributed by atoms with E-state index in [0.29, 0.717) is 23.2 Å². The van der Waals surface area contributed by atoms with Gasteiger partial charge >= 0.3 is 0 Å². The van der Waals surface area contributed by atoms with Crippen molar-refractivity contribution in [2.75, 3.05) is 20.3 Å². The summed E-state index contributed by atoms with van der Waals surface area (Å²) >= 11 is 6.20. The lowest BCUT2D eigenvalue weighted by Crippen LogP contribution is -2.33. The van der Waals surface area contributed by atoms with Crippen LogP contribution in [0.3, 0.4) is 0 Å². The smallest absolute Gasteiger partial charge is 0.255 e. The summed E-state index contributed by atoms with van der Waals surface area (Å²) in [5.41, 5.74) is 5.96. The van der Waals surface area contributed by atoms with Crippen molar-refractivity contribution < 1.29 is 19.4 Å². The number of aliphatic hydroxyl groups excluding tert-OH is 1. The molecule has 0 saturated heterocycles. The van der Waals surface area contributed by atoms with E-state index in [1.807, 2.05) is 0 Å². The van der Waals surface area contributed by atoms with E-state index in [-0.39, 0.29) is 25.0 Å². The highest BCUT2D eigenvalue weighted by atomic mass is 35.5. The second kappa shape index (κ2) is 9.60. The van der Waals surface area contributed by atoms with Gasteiger partial charge in [-0.1, -0.05) is 25.4 Å². The van der Waals surface area contributed by atoms with E-state index < -0.39 is 5.91 Å². The summed E-state index contributed by atoms with van der Waals surface area (Å²) in [6.45, 7) is 4.55. The number of methoxy groups -OCH3 is 1. The van der Waals surface area contributed by atoms with Crippen molar-refractivity contribution in [1.29, 1.82) is 0 Å². The van der Waals surface area contributed by atoms with Gasteiger partial charge in [-0.25, -0.2) is 0 Å². The maximum atomic E-state index is 10.8. The van der Waals surface area contributed by atoms with E-state index >= 15 is 0 Å². The molecular weight excluding hydrogens is 320 g/mol. The molecule has 1 amide bonds. The van der Waals surface area contributed by atoms with Crippen LogP contribution < -0.4 is 20.5 Å². The molecule has 6 nitrogen and oxygen atoms in total. The first-order valence-electron chi connectivity index (χ1n) is 7.49. The Labute approximate surface area is 141 Å². The first kappa shape index (κ1) is 19.5. The number of carbonyl (C=O) groups excluding carboxylic acids is 1. The number of ether oxygens (including phenoxy) is 2. The van der Waals surface area contributed by atoms with Crippen LogP contribution >= 0.6 is 11.6 Å². The maximum Gasteiger partial charge on any atom is 0.255 e. The van der Waals surface area contributed by atoms with Crippen molar-refractivity contribution in [2.24, 2.45) is 11.7 Å². The fourth-order valence-electron chi connectivity index (χ4n) is 2.21. The third-order valence-electron chi connectivity index (χ3n) is 3.22. The Hall–Kier alpha value is -1.50. The van der Waals surface area contributed by atoms with Gasteiger partial charge in [-0.3, -0.25) is 4.79 Å². The van der Waals surface area contributed by atoms with Crippen molar-refractivity contribution in [3.63, 3.8) is 0 Å². The zero-order chi connectivity index (χ0) is 17.4. The SMILES string of the molecule is COc1cc(CNC(CO)CC(C)C)cc(Cl)c1OCC(N)=O. The first-order valence-corrected chi connectivity index (χ1v) is 7.86. The van der Waals surface area contributed by atoms with Crippen LogP contribution in [0, 0.1) is 5.92 Å². The van der Waals surface area contributed by atoms with Crippen LogP contribution in [0.4, 0.5) is 0 Å². The second-order valence-corrected chi connectivity index (χ2v) is 6.16. The largest absolute Gasteiger partial charge is 0.493 e. The first-order chi connectivity index (χ1) is 10.9. The van der Waals surface area contributed by atoms with Crippen LogP contribution in [-0.2, 0) is 11.3 Å². The summed E-state index contributed by atoms with van der Waals surface area (Å²) in [5.74, 6) is 0.619. The molecule has 0 saturated carbocycles. The molecule has 0 spiro atoms. The average molecular weight is 345 g/mol. The van der Waals surface area contributed by atoms with E-state index in [0.717, 1.165) is 12.0 Å². The van der Waals surface area contributed by atoms with Crippen molar-refractivity contribution in [3.05, 3.63) is 22.7 Å². The molecule has 1 atom stereocenters. The van der Waals surface area contributed by atoms with Gasteiger partial charge in [0.2, 0.25) is 0 Å². The molecule has 130 valence electrons. The van der Waals surface area contributed by atoms with E-state index in [9.17, 15) is 9.90 Å². The van der Waals surface area contributed by atoms with E-state index in [2.05, 4.69) is 19.2 Å². The molecule has 4 N–H and O–H groups in total. The van der Waals surface area contributed by atoms with Gasteiger partial charge < -0.3 is 25.6 Å². The van der Waals surface area contributed by atoms with Crippen LogP contribution in [0.25, 0.3) is 0 Å². The minimum absolute atomic E-state index is 0.0190. The van der Waals surface area contributed by atoms with Gasteiger partial charge in [0.05, 0.1) is 18.7 Å². The summed E-state index contributed by atoms with van der Waals surface area (Å²) in [4.78, 5) is 10.8. The molecule has 1 rings (SSSR count). The molecule has 0 fully saturated rings. The van der Waals surface area contributed by atoms with Crippen molar-refractivity contribution in [1.82, 2.24) is 5.32 Å². The van der Waals surface area contributed by atoms with Gasteiger partial charge in [0.1, 0.15) is 0 Å². The zero-order valence-corrected chi connectivity index (χ0v) is 14.5. The van der Waals surface area contributed by atoms with E-state index in [1.54, 1.807) is 12.1 Å². The Balaban J connectivity index is 2.80. The average Bonchev–Trinajstić information content (AvgIpc) is 2.49. The number of amides is 1. The molecule has 0 bridgehead atoms. The Morgan fingerprint density at radius 3 is 2.65 bits per heavy atom. The summed E-state index contributed by atoms with van der Waals surface area (Å²) < 4.78 is 10.5. The lowest BCUT2D eigenvalue weighted by Gasteiger charge is -2.19. The van der Waals surface area contributed by atoms with Gasteiger partial charge in [0, 0.05) is 12.6 Å². The Morgan fingerprint density at radius 2 is 2.13 bits per heavy atom. The third kappa shape index (κ3) is 6.64. The van der Waals surface area contributed by atoms with Gasteiger partial charge in [0.25, 0.3) is 5.91 Å². The highest BCUT2D eigenvalue weighted by Crippen LogP contribution is 2.36. The fourth-order valence-corrected chi connectivity index (χ4v) is 2.50. The van der Waals surface area contributed by atoms with Crippen molar-refractivity contribution >= 4 is 17.5 Å². The summed E-state index contributed by atoms with van der Waals surface area (Å²) in [6.07, 6.45) is 0.876. The number of primary amides is 1. The number of carbonyl (C=O) groups is 1. The zero-order valence-electron chi connectivity index (χ0n) is 13.8. The van der Waals surface area contributed by atoms with E-state index in [4.69, 9.17) is 26.8 Å². The Bertz CT molecular complexity index is 523. The number of aliphatic hydroxyl groups is 1. The molecule has 0 radical (unpaired) electrons. The van der Waals surface area contributed by atoms with Crippen LogP contribution in [0.5, 0.6) is 11.5 Å².